The van der Waals surface area contributed by atoms with E-state index in [1.54, 1.807) is 18.7 Å². The number of sulfonamides is 1. The lowest BCUT2D eigenvalue weighted by molar-refractivity contribution is -0.387. The number of hydrogen-bond donors (Lipinski definition) is 0. The van der Waals surface area contributed by atoms with Crippen molar-refractivity contribution in [3.05, 3.63) is 44.8 Å². The number of hydrogen-bond acceptors (Lipinski definition) is 8. The molecule has 0 unspecified atom stereocenters. The summed E-state index contributed by atoms with van der Waals surface area (Å²) in [6, 6.07) is 4.07. The van der Waals surface area contributed by atoms with Crippen LogP contribution >= 0.6 is 0 Å². The fraction of sp³-hybridized carbons (Fsp3) is 0.588. The number of para-hydroxylation sites is 1. The van der Waals surface area contributed by atoms with Crippen LogP contribution in [0.3, 0.4) is 0 Å². The molecule has 0 bridgehead atoms. The highest BCUT2D eigenvalue weighted by atomic mass is 32.2. The molecule has 1 heterocycles. The molecule has 1 aliphatic rings. The molecule has 13 heteroatoms. The molecule has 1 saturated heterocycles. The fourth-order valence-electron chi connectivity index (χ4n) is 3.43. The van der Waals surface area contributed by atoms with E-state index in [9.17, 15) is 23.3 Å². The molecule has 164 valence electrons. The van der Waals surface area contributed by atoms with E-state index in [1.807, 2.05) is 0 Å². The van der Waals surface area contributed by atoms with Gasteiger partial charge in [-0.25, -0.2) is 8.42 Å². The van der Waals surface area contributed by atoms with Crippen molar-refractivity contribution in [1.82, 2.24) is 9.21 Å². The summed E-state index contributed by atoms with van der Waals surface area (Å²) in [5.41, 5.74) is 8.18. The molecule has 0 N–H and O–H groups in total. The summed E-state index contributed by atoms with van der Waals surface area (Å²) in [7, 11) is -4.21. The zero-order valence-corrected chi connectivity index (χ0v) is 17.6. The van der Waals surface area contributed by atoms with Crippen molar-refractivity contribution in [2.45, 2.75) is 37.2 Å². The Hall–Kier alpha value is -2.73. The third-order valence-electron chi connectivity index (χ3n) is 4.87. The van der Waals surface area contributed by atoms with Crippen LogP contribution in [0, 0.1) is 10.1 Å². The van der Waals surface area contributed by atoms with E-state index in [4.69, 9.17) is 10.3 Å². The van der Waals surface area contributed by atoms with Crippen molar-refractivity contribution >= 4 is 21.7 Å². The van der Waals surface area contributed by atoms with Gasteiger partial charge in [0.15, 0.2) is 4.90 Å². The number of rotatable bonds is 9. The molecule has 0 radical (unpaired) electrons. The number of esters is 1. The highest BCUT2D eigenvalue weighted by Crippen LogP contribution is 2.31. The SMILES string of the molecule is CCOC(=O)CN1C[C@H](CC)N(S(=O)(=O)c2ccccc2[N+](=O)[O-])C[C@@H]1CN=[N+]=[N-]. The Balaban J connectivity index is 2.41. The zero-order chi connectivity index (χ0) is 22.3. The van der Waals surface area contributed by atoms with Crippen molar-refractivity contribution in [3.8, 4) is 0 Å². The monoisotopic (exact) mass is 440 g/mol. The number of nitrogens with zero attached hydrogens (tertiary/aromatic N) is 6. The average Bonchev–Trinajstić information content (AvgIpc) is 2.72. The topological polar surface area (TPSA) is 159 Å². The van der Waals surface area contributed by atoms with E-state index in [0.717, 1.165) is 6.07 Å². The average molecular weight is 440 g/mol. The lowest BCUT2D eigenvalue weighted by atomic mass is 10.1. The highest BCUT2D eigenvalue weighted by Gasteiger charge is 2.42. The standard InChI is InChI=1S/C17H24N6O6S/c1-3-13-10-21(12-17(24)29-4-2)14(9-19-20-18)11-22(13)30(27,28)16-8-6-5-7-15(16)23(25)26/h5-8,13-14H,3-4,9-12H2,1-2H3/t13-,14-/m0/s1. The molecule has 0 spiro atoms. The molecule has 12 nitrogen and oxygen atoms in total. The summed E-state index contributed by atoms with van der Waals surface area (Å²) in [4.78, 5) is 26.6. The molecule has 1 fully saturated rings. The minimum absolute atomic E-state index is 0.0603. The van der Waals surface area contributed by atoms with E-state index in [-0.39, 0.29) is 32.8 Å². The van der Waals surface area contributed by atoms with Crippen LogP contribution in [0.15, 0.2) is 34.3 Å². The van der Waals surface area contributed by atoms with Crippen LogP contribution < -0.4 is 0 Å². The van der Waals surface area contributed by atoms with E-state index in [0.29, 0.717) is 6.42 Å². The van der Waals surface area contributed by atoms with E-state index >= 15 is 0 Å². The Bertz CT molecular complexity index is 932. The summed E-state index contributed by atoms with van der Waals surface area (Å²) >= 11 is 0. The molecule has 0 aromatic heterocycles. The third-order valence-corrected chi connectivity index (χ3v) is 6.84. The van der Waals surface area contributed by atoms with Crippen LogP contribution in [-0.2, 0) is 19.6 Å². The zero-order valence-electron chi connectivity index (χ0n) is 16.7. The minimum atomic E-state index is -4.21. The van der Waals surface area contributed by atoms with Gasteiger partial charge in [0.05, 0.1) is 18.1 Å². The maximum atomic E-state index is 13.3. The van der Waals surface area contributed by atoms with Gasteiger partial charge in [-0.2, -0.15) is 4.31 Å². The Morgan fingerprint density at radius 1 is 1.33 bits per heavy atom. The van der Waals surface area contributed by atoms with Gasteiger partial charge < -0.3 is 4.74 Å². The molecular weight excluding hydrogens is 416 g/mol. The van der Waals surface area contributed by atoms with E-state index < -0.39 is 43.6 Å². The van der Waals surface area contributed by atoms with Gasteiger partial charge in [-0.15, -0.1) is 0 Å². The maximum Gasteiger partial charge on any atom is 0.320 e. The fourth-order valence-corrected chi connectivity index (χ4v) is 5.32. The smallest absolute Gasteiger partial charge is 0.320 e. The number of carbonyl (C=O) groups is 1. The summed E-state index contributed by atoms with van der Waals surface area (Å²) < 4.78 is 32.9. The first-order valence-electron chi connectivity index (χ1n) is 9.42. The lowest BCUT2D eigenvalue weighted by Gasteiger charge is -2.44. The van der Waals surface area contributed by atoms with Gasteiger partial charge in [-0.3, -0.25) is 19.8 Å². The molecule has 0 saturated carbocycles. The predicted octanol–water partition coefficient (Wildman–Crippen LogP) is 1.92. The second kappa shape index (κ2) is 10.3. The van der Waals surface area contributed by atoms with Crippen LogP contribution in [0.4, 0.5) is 5.69 Å². The van der Waals surface area contributed by atoms with Gasteiger partial charge in [0.1, 0.15) is 0 Å². The predicted molar refractivity (Wildman–Crippen MR) is 107 cm³/mol. The molecular formula is C17H24N6O6S. The van der Waals surface area contributed by atoms with Crippen molar-refractivity contribution in [2.24, 2.45) is 5.11 Å². The quantitative estimate of drug-likeness (QED) is 0.142. The number of nitro groups is 1. The van der Waals surface area contributed by atoms with Crippen LogP contribution in [0.2, 0.25) is 0 Å². The number of azide groups is 1. The Kier molecular flexibility index (Phi) is 8.12. The number of nitro benzene ring substituents is 1. The van der Waals surface area contributed by atoms with Gasteiger partial charge in [0, 0.05) is 42.7 Å². The third kappa shape index (κ3) is 5.25. The van der Waals surface area contributed by atoms with Gasteiger partial charge in [-0.05, 0) is 24.9 Å². The second-order valence-corrected chi connectivity index (χ2v) is 8.52. The largest absolute Gasteiger partial charge is 0.465 e. The molecule has 2 rings (SSSR count). The van der Waals surface area contributed by atoms with Crippen molar-refractivity contribution in [1.29, 1.82) is 0 Å². The summed E-state index contributed by atoms with van der Waals surface area (Å²) in [5.74, 6) is -0.465. The minimum Gasteiger partial charge on any atom is -0.465 e. The number of carbonyl (C=O) groups excluding carboxylic acids is 1. The first-order valence-corrected chi connectivity index (χ1v) is 10.9. The molecule has 1 aromatic carbocycles. The van der Waals surface area contributed by atoms with Crippen LogP contribution in [-0.4, -0.2) is 73.4 Å². The highest BCUT2D eigenvalue weighted by molar-refractivity contribution is 7.89. The van der Waals surface area contributed by atoms with Gasteiger partial charge in [0.25, 0.3) is 5.69 Å². The number of ether oxygens (including phenoxy) is 1. The van der Waals surface area contributed by atoms with Gasteiger partial charge in [0.2, 0.25) is 10.0 Å². The van der Waals surface area contributed by atoms with Gasteiger partial charge >= 0.3 is 5.97 Å². The Morgan fingerprint density at radius 3 is 2.63 bits per heavy atom. The van der Waals surface area contributed by atoms with Crippen LogP contribution in [0.5, 0.6) is 0 Å². The first kappa shape index (κ1) is 23.5. The van der Waals surface area contributed by atoms with Gasteiger partial charge in [-0.1, -0.05) is 24.2 Å². The Labute approximate surface area is 174 Å². The molecule has 2 atom stereocenters. The maximum absolute atomic E-state index is 13.3. The molecule has 30 heavy (non-hydrogen) atoms. The van der Waals surface area contributed by atoms with Crippen LogP contribution in [0.25, 0.3) is 10.4 Å². The second-order valence-electron chi connectivity index (χ2n) is 6.66. The Morgan fingerprint density at radius 2 is 2.03 bits per heavy atom. The van der Waals surface area contributed by atoms with E-state index in [2.05, 4.69) is 10.0 Å². The van der Waals surface area contributed by atoms with Crippen molar-refractivity contribution < 1.29 is 22.9 Å². The summed E-state index contributed by atoms with van der Waals surface area (Å²) in [5, 5.41) is 14.9. The first-order chi connectivity index (χ1) is 14.3. The van der Waals surface area contributed by atoms with Crippen molar-refractivity contribution in [3.63, 3.8) is 0 Å². The molecule has 1 aromatic rings. The molecule has 0 aliphatic carbocycles. The summed E-state index contributed by atoms with van der Waals surface area (Å²) in [6.45, 7) is 3.67. The normalized spacial score (nSPS) is 20.3. The number of benzene rings is 1. The number of piperazine rings is 1. The molecule has 1 aliphatic heterocycles. The van der Waals surface area contributed by atoms with Crippen LogP contribution in [0.1, 0.15) is 20.3 Å². The summed E-state index contributed by atoms with van der Waals surface area (Å²) in [6.07, 6.45) is 0.424. The lowest BCUT2D eigenvalue weighted by Crippen LogP contribution is -2.61. The molecule has 0 amide bonds. The van der Waals surface area contributed by atoms with E-state index in [1.165, 1.54) is 22.5 Å². The van der Waals surface area contributed by atoms with Crippen molar-refractivity contribution in [2.75, 3.05) is 32.8 Å².